The molecule has 1 amide bonds. The number of nitrogens with one attached hydrogen (secondary N) is 1. The van der Waals surface area contributed by atoms with Gasteiger partial charge in [0, 0.05) is 11.8 Å². The van der Waals surface area contributed by atoms with Gasteiger partial charge in [0.1, 0.15) is 0 Å². The van der Waals surface area contributed by atoms with Crippen LogP contribution in [0.3, 0.4) is 0 Å². The largest absolute Gasteiger partial charge is 0.454 e. The first-order chi connectivity index (χ1) is 12.5. The van der Waals surface area contributed by atoms with Crippen LogP contribution in [0.5, 0.6) is 0 Å². The summed E-state index contributed by atoms with van der Waals surface area (Å²) in [5, 5.41) is 15.7. The Hall–Kier alpha value is -3.21. The van der Waals surface area contributed by atoms with Gasteiger partial charge in [0.2, 0.25) is 5.82 Å². The van der Waals surface area contributed by atoms with Crippen molar-refractivity contribution in [2.45, 2.75) is 6.54 Å². The number of esters is 1. The predicted molar refractivity (Wildman–Crippen MR) is 87.1 cm³/mol. The molecule has 0 bridgehead atoms. The van der Waals surface area contributed by atoms with E-state index >= 15 is 0 Å². The zero-order valence-electron chi connectivity index (χ0n) is 13.1. The van der Waals surface area contributed by atoms with Gasteiger partial charge >= 0.3 is 5.97 Å². The van der Waals surface area contributed by atoms with Crippen LogP contribution in [-0.2, 0) is 20.9 Å². The summed E-state index contributed by atoms with van der Waals surface area (Å²) in [4.78, 5) is 25.2. The summed E-state index contributed by atoms with van der Waals surface area (Å²) in [6.45, 7) is -0.916. The number of anilines is 1. The molecule has 0 saturated heterocycles. The maximum absolute atomic E-state index is 13.1. The quantitative estimate of drug-likeness (QED) is 0.657. The van der Waals surface area contributed by atoms with Crippen LogP contribution in [0.1, 0.15) is 0 Å². The smallest absolute Gasteiger partial charge is 0.330 e. The number of rotatable bonds is 6. The first-order valence-electron chi connectivity index (χ1n) is 7.23. The number of thiophene rings is 1. The maximum Gasteiger partial charge on any atom is 0.330 e. The van der Waals surface area contributed by atoms with Crippen molar-refractivity contribution >= 4 is 28.9 Å². The van der Waals surface area contributed by atoms with E-state index in [4.69, 9.17) is 4.74 Å². The van der Waals surface area contributed by atoms with Gasteiger partial charge in [-0.05, 0) is 28.8 Å². The topological polar surface area (TPSA) is 99.0 Å². The van der Waals surface area contributed by atoms with Crippen molar-refractivity contribution in [2.75, 3.05) is 11.9 Å². The summed E-state index contributed by atoms with van der Waals surface area (Å²) in [5.74, 6) is -3.20. The highest BCUT2D eigenvalue weighted by Gasteiger charge is 2.13. The van der Waals surface area contributed by atoms with E-state index in [1.165, 1.54) is 17.4 Å². The molecule has 0 atom stereocenters. The molecule has 0 spiro atoms. The van der Waals surface area contributed by atoms with Crippen LogP contribution in [0.25, 0.3) is 10.7 Å². The number of tetrazole rings is 1. The van der Waals surface area contributed by atoms with E-state index in [-0.39, 0.29) is 12.2 Å². The summed E-state index contributed by atoms with van der Waals surface area (Å²) in [6.07, 6.45) is 0. The lowest BCUT2D eigenvalue weighted by Crippen LogP contribution is -2.23. The van der Waals surface area contributed by atoms with Crippen molar-refractivity contribution in [2.24, 2.45) is 0 Å². The number of carbonyl (C=O) groups excluding carboxylic acids is 2. The van der Waals surface area contributed by atoms with Crippen molar-refractivity contribution in [1.29, 1.82) is 0 Å². The average molecular weight is 379 g/mol. The Labute approximate surface area is 149 Å². The van der Waals surface area contributed by atoms with Crippen LogP contribution < -0.4 is 5.32 Å². The highest BCUT2D eigenvalue weighted by Crippen LogP contribution is 2.19. The highest BCUT2D eigenvalue weighted by atomic mass is 32.1. The lowest BCUT2D eigenvalue weighted by atomic mass is 10.3. The van der Waals surface area contributed by atoms with Crippen molar-refractivity contribution in [1.82, 2.24) is 20.2 Å². The minimum absolute atomic E-state index is 0.0449. The van der Waals surface area contributed by atoms with Crippen molar-refractivity contribution in [3.63, 3.8) is 0 Å². The number of hydrogen-bond acceptors (Lipinski definition) is 7. The minimum Gasteiger partial charge on any atom is -0.454 e. The first-order valence-corrected chi connectivity index (χ1v) is 8.11. The number of ether oxygens (including phenoxy) is 1. The van der Waals surface area contributed by atoms with Gasteiger partial charge in [-0.15, -0.1) is 21.5 Å². The van der Waals surface area contributed by atoms with E-state index in [9.17, 15) is 18.4 Å². The van der Waals surface area contributed by atoms with Crippen LogP contribution >= 0.6 is 11.3 Å². The number of nitrogens with zero attached hydrogens (tertiary/aromatic N) is 4. The van der Waals surface area contributed by atoms with E-state index in [1.54, 1.807) is 0 Å². The molecule has 3 aromatic rings. The molecule has 0 saturated carbocycles. The van der Waals surface area contributed by atoms with Crippen LogP contribution in [0.15, 0.2) is 35.7 Å². The van der Waals surface area contributed by atoms with E-state index in [0.29, 0.717) is 5.82 Å². The number of halogens is 2. The molecule has 11 heteroatoms. The van der Waals surface area contributed by atoms with Gasteiger partial charge in [-0.2, -0.15) is 4.80 Å². The van der Waals surface area contributed by atoms with E-state index in [1.807, 2.05) is 17.5 Å². The van der Waals surface area contributed by atoms with Gasteiger partial charge in [-0.3, -0.25) is 4.79 Å². The van der Waals surface area contributed by atoms with Gasteiger partial charge in [-0.1, -0.05) is 6.07 Å². The fourth-order valence-electron chi connectivity index (χ4n) is 1.89. The molecule has 26 heavy (non-hydrogen) atoms. The molecule has 1 aromatic carbocycles. The maximum atomic E-state index is 13.1. The van der Waals surface area contributed by atoms with Gasteiger partial charge in [0.25, 0.3) is 5.91 Å². The van der Waals surface area contributed by atoms with E-state index in [0.717, 1.165) is 21.8 Å². The molecule has 8 nitrogen and oxygen atoms in total. The summed E-state index contributed by atoms with van der Waals surface area (Å²) in [6, 6.07) is 6.52. The number of hydrogen-bond donors (Lipinski definition) is 1. The van der Waals surface area contributed by atoms with Crippen molar-refractivity contribution < 1.29 is 23.1 Å². The second kappa shape index (κ2) is 7.78. The summed E-state index contributed by atoms with van der Waals surface area (Å²) >= 11 is 1.43. The third-order valence-corrected chi connectivity index (χ3v) is 3.90. The zero-order valence-corrected chi connectivity index (χ0v) is 13.9. The molecular weight excluding hydrogens is 368 g/mol. The molecule has 0 aliphatic rings. The summed E-state index contributed by atoms with van der Waals surface area (Å²) in [5.41, 5.74) is 0.0449. The van der Waals surface area contributed by atoms with Crippen LogP contribution in [0.4, 0.5) is 14.5 Å². The standard InChI is InChI=1S/C15H11F2N5O3S/c16-10-4-3-9(6-11(10)17)18-13(23)8-25-14(24)7-22-20-15(19-21-22)12-2-1-5-26-12/h1-6H,7-8H2,(H,18,23). The van der Waals surface area contributed by atoms with Gasteiger partial charge in [-0.25, -0.2) is 13.6 Å². The van der Waals surface area contributed by atoms with Crippen LogP contribution in [-0.4, -0.2) is 38.7 Å². The molecule has 0 aliphatic carbocycles. The summed E-state index contributed by atoms with van der Waals surface area (Å²) < 4.78 is 30.7. The minimum atomic E-state index is -1.10. The molecule has 2 heterocycles. The number of benzene rings is 1. The summed E-state index contributed by atoms with van der Waals surface area (Å²) in [7, 11) is 0. The van der Waals surface area contributed by atoms with E-state index < -0.39 is 30.1 Å². The molecule has 134 valence electrons. The second-order valence-corrected chi connectivity index (χ2v) is 5.91. The predicted octanol–water partition coefficient (Wildman–Crippen LogP) is 1.86. The van der Waals surface area contributed by atoms with Crippen LogP contribution in [0, 0.1) is 11.6 Å². The van der Waals surface area contributed by atoms with Crippen LogP contribution in [0.2, 0.25) is 0 Å². The Balaban J connectivity index is 1.47. The molecule has 3 rings (SSSR count). The van der Waals surface area contributed by atoms with Gasteiger partial charge in [0.15, 0.2) is 24.8 Å². The molecule has 0 aliphatic heterocycles. The van der Waals surface area contributed by atoms with Gasteiger partial charge in [0.05, 0.1) is 4.88 Å². The highest BCUT2D eigenvalue weighted by molar-refractivity contribution is 7.13. The third-order valence-electron chi connectivity index (χ3n) is 3.03. The molecular formula is C15H11F2N5O3S. The number of carbonyl (C=O) groups is 2. The zero-order chi connectivity index (χ0) is 18.5. The normalized spacial score (nSPS) is 10.5. The Morgan fingerprint density at radius 1 is 1.23 bits per heavy atom. The SMILES string of the molecule is O=C(COC(=O)Cn1nnc(-c2cccs2)n1)Nc1ccc(F)c(F)c1. The van der Waals surface area contributed by atoms with Crippen molar-refractivity contribution in [3.8, 4) is 10.7 Å². The lowest BCUT2D eigenvalue weighted by Gasteiger charge is -2.06. The fraction of sp³-hybridized carbons (Fsp3) is 0.133. The average Bonchev–Trinajstić information content (AvgIpc) is 3.28. The Morgan fingerprint density at radius 2 is 2.08 bits per heavy atom. The van der Waals surface area contributed by atoms with E-state index in [2.05, 4.69) is 20.7 Å². The third kappa shape index (κ3) is 4.45. The molecule has 0 radical (unpaired) electrons. The molecule has 1 N–H and O–H groups in total. The first kappa shape index (κ1) is 17.6. The van der Waals surface area contributed by atoms with Crippen molar-refractivity contribution in [3.05, 3.63) is 47.3 Å². The number of amides is 1. The lowest BCUT2D eigenvalue weighted by molar-refractivity contribution is -0.148. The fourth-order valence-corrected chi connectivity index (χ4v) is 2.54. The monoisotopic (exact) mass is 379 g/mol. The molecule has 0 fully saturated rings. The van der Waals surface area contributed by atoms with Gasteiger partial charge < -0.3 is 10.1 Å². The number of aromatic nitrogens is 4. The molecule has 2 aromatic heterocycles. The molecule has 0 unspecified atom stereocenters. The second-order valence-electron chi connectivity index (χ2n) is 4.96. The Kier molecular flexibility index (Phi) is 5.27. The Bertz CT molecular complexity index is 929. The Morgan fingerprint density at radius 3 is 2.81 bits per heavy atom.